The van der Waals surface area contributed by atoms with Crippen molar-refractivity contribution in [2.45, 2.75) is 12.5 Å². The molecule has 1 aromatic rings. The van der Waals surface area contributed by atoms with Crippen LogP contribution in [0.4, 0.5) is 0 Å². The first kappa shape index (κ1) is 13.6. The molecule has 0 saturated heterocycles. The SMILES string of the molecule is COC(=O)[C@H](N)Cc1cc(Cl)c(Cl)c(Cl)c1. The number of halogens is 3. The Morgan fingerprint density at radius 1 is 1.38 bits per heavy atom. The molecule has 2 N–H and O–H groups in total. The Bertz CT molecular complexity index is 386. The van der Waals surface area contributed by atoms with Crippen LogP contribution in [0, 0.1) is 0 Å². The molecule has 3 nitrogen and oxygen atoms in total. The molecule has 0 unspecified atom stereocenters. The lowest BCUT2D eigenvalue weighted by Gasteiger charge is -2.10. The highest BCUT2D eigenvalue weighted by Crippen LogP contribution is 2.31. The van der Waals surface area contributed by atoms with Gasteiger partial charge in [-0.15, -0.1) is 0 Å². The number of carbonyl (C=O) groups excluding carboxylic acids is 1. The van der Waals surface area contributed by atoms with Crippen LogP contribution >= 0.6 is 34.8 Å². The van der Waals surface area contributed by atoms with Crippen molar-refractivity contribution in [1.82, 2.24) is 0 Å². The van der Waals surface area contributed by atoms with E-state index in [-0.39, 0.29) is 0 Å². The molecule has 6 heteroatoms. The minimum absolute atomic E-state index is 0.290. The third-order valence-electron chi connectivity index (χ3n) is 2.00. The lowest BCUT2D eigenvalue weighted by molar-refractivity contribution is -0.142. The number of benzene rings is 1. The fourth-order valence-corrected chi connectivity index (χ4v) is 1.86. The molecule has 0 fully saturated rings. The first-order chi connectivity index (χ1) is 7.45. The third-order valence-corrected chi connectivity index (χ3v) is 3.20. The summed E-state index contributed by atoms with van der Waals surface area (Å²) in [5.74, 6) is -0.484. The fraction of sp³-hybridized carbons (Fsp3) is 0.300. The summed E-state index contributed by atoms with van der Waals surface area (Å²) in [6, 6.07) is 2.51. The van der Waals surface area contributed by atoms with Crippen molar-refractivity contribution >= 4 is 40.8 Å². The Morgan fingerprint density at radius 3 is 2.31 bits per heavy atom. The Balaban J connectivity index is 2.86. The molecule has 88 valence electrons. The first-order valence-electron chi connectivity index (χ1n) is 4.42. The highest BCUT2D eigenvalue weighted by Gasteiger charge is 2.15. The van der Waals surface area contributed by atoms with E-state index in [1.807, 2.05) is 0 Å². The van der Waals surface area contributed by atoms with Gasteiger partial charge in [0, 0.05) is 0 Å². The zero-order chi connectivity index (χ0) is 12.3. The number of nitrogens with two attached hydrogens (primary N) is 1. The van der Waals surface area contributed by atoms with Gasteiger partial charge in [-0.1, -0.05) is 34.8 Å². The molecule has 0 bridgehead atoms. The number of esters is 1. The Kier molecular flexibility index (Phi) is 4.87. The van der Waals surface area contributed by atoms with Gasteiger partial charge in [-0.2, -0.15) is 0 Å². The summed E-state index contributed by atoms with van der Waals surface area (Å²) >= 11 is 17.5. The largest absolute Gasteiger partial charge is 0.468 e. The van der Waals surface area contributed by atoms with Crippen LogP contribution in [0.1, 0.15) is 5.56 Å². The summed E-state index contributed by atoms with van der Waals surface area (Å²) in [5.41, 5.74) is 6.34. The number of rotatable bonds is 3. The molecule has 0 heterocycles. The summed E-state index contributed by atoms with van der Waals surface area (Å²) in [4.78, 5) is 11.1. The van der Waals surface area contributed by atoms with Gasteiger partial charge in [0.15, 0.2) is 0 Å². The standard InChI is InChI=1S/C10H10Cl3NO2/c1-16-10(15)8(14)4-5-2-6(11)9(13)7(12)3-5/h2-3,8H,4,14H2,1H3/t8-/m1/s1. The van der Waals surface area contributed by atoms with Crippen molar-refractivity contribution in [2.75, 3.05) is 7.11 Å². The van der Waals surface area contributed by atoms with E-state index >= 15 is 0 Å². The van der Waals surface area contributed by atoms with Crippen molar-refractivity contribution in [2.24, 2.45) is 5.73 Å². The van der Waals surface area contributed by atoms with Gasteiger partial charge in [0.05, 0.1) is 22.2 Å². The molecule has 0 aromatic heterocycles. The Morgan fingerprint density at radius 2 is 1.88 bits per heavy atom. The quantitative estimate of drug-likeness (QED) is 0.685. The highest BCUT2D eigenvalue weighted by molar-refractivity contribution is 6.48. The average molecular weight is 283 g/mol. The number of ether oxygens (including phenoxy) is 1. The molecule has 0 aliphatic heterocycles. The monoisotopic (exact) mass is 281 g/mol. The molecule has 1 atom stereocenters. The van der Waals surface area contributed by atoms with E-state index in [0.717, 1.165) is 5.56 Å². The van der Waals surface area contributed by atoms with Crippen LogP contribution < -0.4 is 5.73 Å². The fourth-order valence-electron chi connectivity index (χ4n) is 1.21. The first-order valence-corrected chi connectivity index (χ1v) is 5.56. The average Bonchev–Trinajstić information content (AvgIpc) is 2.24. The maximum Gasteiger partial charge on any atom is 0.322 e. The van der Waals surface area contributed by atoms with E-state index in [1.165, 1.54) is 7.11 Å². The molecule has 1 rings (SSSR count). The van der Waals surface area contributed by atoms with Crippen LogP contribution in [0.3, 0.4) is 0 Å². The summed E-state index contributed by atoms with van der Waals surface area (Å²) in [7, 11) is 1.28. The number of hydrogen-bond acceptors (Lipinski definition) is 3. The number of methoxy groups -OCH3 is 1. The molecule has 16 heavy (non-hydrogen) atoms. The van der Waals surface area contributed by atoms with E-state index in [2.05, 4.69) is 4.74 Å². The van der Waals surface area contributed by atoms with Gasteiger partial charge in [0.1, 0.15) is 6.04 Å². The topological polar surface area (TPSA) is 52.3 Å². The molecule has 0 aliphatic rings. The van der Waals surface area contributed by atoms with E-state index in [1.54, 1.807) is 12.1 Å². The van der Waals surface area contributed by atoms with E-state index in [0.29, 0.717) is 21.5 Å². The second-order valence-corrected chi connectivity index (χ2v) is 4.40. The zero-order valence-electron chi connectivity index (χ0n) is 8.47. The van der Waals surface area contributed by atoms with Gasteiger partial charge in [0.2, 0.25) is 0 Å². The molecule has 0 spiro atoms. The van der Waals surface area contributed by atoms with Crippen LogP contribution in [0.2, 0.25) is 15.1 Å². The number of hydrogen-bond donors (Lipinski definition) is 1. The predicted molar refractivity (Wildman–Crippen MR) is 65.2 cm³/mol. The third kappa shape index (κ3) is 3.25. The van der Waals surface area contributed by atoms with E-state index in [4.69, 9.17) is 40.5 Å². The minimum Gasteiger partial charge on any atom is -0.468 e. The van der Waals surface area contributed by atoms with Crippen molar-refractivity contribution in [3.8, 4) is 0 Å². The minimum atomic E-state index is -0.738. The molecule has 0 saturated carbocycles. The summed E-state index contributed by atoms with van der Waals surface area (Å²) in [6.07, 6.45) is 0.295. The van der Waals surface area contributed by atoms with Crippen LogP contribution in [-0.4, -0.2) is 19.1 Å². The second kappa shape index (κ2) is 5.73. The summed E-state index contributed by atoms with van der Waals surface area (Å²) < 4.78 is 4.51. The zero-order valence-corrected chi connectivity index (χ0v) is 10.7. The van der Waals surface area contributed by atoms with Crippen molar-refractivity contribution < 1.29 is 9.53 Å². The lowest BCUT2D eigenvalue weighted by Crippen LogP contribution is -2.33. The van der Waals surface area contributed by atoms with Crippen molar-refractivity contribution in [1.29, 1.82) is 0 Å². The Labute approximate surface area is 108 Å². The smallest absolute Gasteiger partial charge is 0.322 e. The molecule has 0 radical (unpaired) electrons. The van der Waals surface area contributed by atoms with Gasteiger partial charge in [-0.05, 0) is 24.1 Å². The van der Waals surface area contributed by atoms with Gasteiger partial charge >= 0.3 is 5.97 Å². The van der Waals surface area contributed by atoms with E-state index < -0.39 is 12.0 Å². The van der Waals surface area contributed by atoms with Gasteiger partial charge in [0.25, 0.3) is 0 Å². The Hall–Kier alpha value is -0.480. The molecular formula is C10H10Cl3NO2. The molecular weight excluding hydrogens is 272 g/mol. The van der Waals surface area contributed by atoms with Crippen LogP contribution in [0.5, 0.6) is 0 Å². The summed E-state index contributed by atoms with van der Waals surface area (Å²) in [6.45, 7) is 0. The summed E-state index contributed by atoms with van der Waals surface area (Å²) in [5, 5.41) is 0.959. The highest BCUT2D eigenvalue weighted by atomic mass is 35.5. The second-order valence-electron chi connectivity index (χ2n) is 3.21. The van der Waals surface area contributed by atoms with Crippen molar-refractivity contribution in [3.63, 3.8) is 0 Å². The van der Waals surface area contributed by atoms with E-state index in [9.17, 15) is 4.79 Å². The maximum atomic E-state index is 11.1. The predicted octanol–water partition coefficient (Wildman–Crippen LogP) is 2.69. The molecule has 1 aromatic carbocycles. The van der Waals surface area contributed by atoms with Crippen LogP contribution in [0.25, 0.3) is 0 Å². The van der Waals surface area contributed by atoms with Gasteiger partial charge in [-0.3, -0.25) is 4.79 Å². The van der Waals surface area contributed by atoms with Gasteiger partial charge < -0.3 is 10.5 Å². The normalized spacial score (nSPS) is 12.3. The van der Waals surface area contributed by atoms with Crippen LogP contribution in [-0.2, 0) is 16.0 Å². The molecule has 0 aliphatic carbocycles. The lowest BCUT2D eigenvalue weighted by atomic mass is 10.1. The van der Waals surface area contributed by atoms with Gasteiger partial charge in [-0.25, -0.2) is 0 Å². The van der Waals surface area contributed by atoms with Crippen molar-refractivity contribution in [3.05, 3.63) is 32.8 Å². The molecule has 0 amide bonds. The van der Waals surface area contributed by atoms with Crippen LogP contribution in [0.15, 0.2) is 12.1 Å². The number of carbonyl (C=O) groups is 1. The maximum absolute atomic E-state index is 11.1.